The summed E-state index contributed by atoms with van der Waals surface area (Å²) in [5.74, 6) is 1.54. The molecule has 2 N–H and O–H groups in total. The van der Waals surface area contributed by atoms with Crippen molar-refractivity contribution in [1.82, 2.24) is 29.2 Å². The summed E-state index contributed by atoms with van der Waals surface area (Å²) < 4.78 is 22.3. The first kappa shape index (κ1) is 29.4. The van der Waals surface area contributed by atoms with Gasteiger partial charge in [-0.25, -0.2) is 9.78 Å². The van der Waals surface area contributed by atoms with E-state index in [1.165, 1.54) is 16.2 Å². The minimum atomic E-state index is -0.431. The quantitative estimate of drug-likeness (QED) is 0.330. The van der Waals surface area contributed by atoms with Gasteiger partial charge in [-0.2, -0.15) is 10.2 Å². The molecule has 6 heterocycles. The number of hydrogen-bond donors (Lipinski definition) is 1. The molecule has 1 saturated carbocycles. The highest BCUT2D eigenvalue weighted by molar-refractivity contribution is 7.16. The highest BCUT2D eigenvalue weighted by atomic mass is 32.1. The number of likely N-dealkylation sites (tertiary alicyclic amines) is 1. The molecular formula is C34H40N8O4S. The molecule has 0 unspecified atom stereocenters. The maximum atomic E-state index is 14.0. The summed E-state index contributed by atoms with van der Waals surface area (Å²) in [6, 6.07) is 3.10. The summed E-state index contributed by atoms with van der Waals surface area (Å²) in [5.41, 5.74) is 9.99. The number of fused-ring (bicyclic) bond motifs is 6. The van der Waals surface area contributed by atoms with Gasteiger partial charge in [0.25, 0.3) is 0 Å². The number of aromatic nitrogens is 5. The van der Waals surface area contributed by atoms with E-state index in [1.54, 1.807) is 11.6 Å². The van der Waals surface area contributed by atoms with Crippen LogP contribution in [0.25, 0.3) is 22.7 Å². The van der Waals surface area contributed by atoms with Crippen molar-refractivity contribution in [3.63, 3.8) is 0 Å². The second-order valence-electron chi connectivity index (χ2n) is 14.6. The van der Waals surface area contributed by atoms with Crippen molar-refractivity contribution < 1.29 is 14.0 Å². The van der Waals surface area contributed by atoms with Gasteiger partial charge in [0.15, 0.2) is 11.2 Å². The smallest absolute Gasteiger partial charge is 0.330 e. The molecule has 2 saturated heterocycles. The largest absolute Gasteiger partial charge is 0.471 e. The predicted molar refractivity (Wildman–Crippen MR) is 176 cm³/mol. The van der Waals surface area contributed by atoms with Gasteiger partial charge in [0.2, 0.25) is 17.5 Å². The maximum Gasteiger partial charge on any atom is 0.330 e. The Kier molecular flexibility index (Phi) is 6.34. The molecule has 6 atom stereocenters. The van der Waals surface area contributed by atoms with Crippen LogP contribution in [0.3, 0.4) is 0 Å². The Hall–Kier alpha value is -3.73. The first-order chi connectivity index (χ1) is 22.7. The topological polar surface area (TPSA) is 150 Å². The molecule has 3 aliphatic carbocycles. The molecular weight excluding hydrogens is 616 g/mol. The van der Waals surface area contributed by atoms with E-state index in [-0.39, 0.29) is 23.8 Å². The minimum Gasteiger partial charge on any atom is -0.471 e. The van der Waals surface area contributed by atoms with Gasteiger partial charge < -0.3 is 19.7 Å². The first-order valence-corrected chi connectivity index (χ1v) is 17.8. The average molecular weight is 657 g/mol. The zero-order chi connectivity index (χ0) is 32.4. The van der Waals surface area contributed by atoms with E-state index >= 15 is 0 Å². The Labute approximate surface area is 276 Å². The van der Waals surface area contributed by atoms with Gasteiger partial charge in [-0.15, -0.1) is 11.3 Å². The molecule has 0 amide bonds. The molecule has 0 radical (unpaired) electrons. The van der Waals surface area contributed by atoms with E-state index in [9.17, 15) is 10.1 Å². The van der Waals surface area contributed by atoms with Crippen LogP contribution < -0.4 is 16.2 Å². The lowest BCUT2D eigenvalue weighted by atomic mass is 9.62. The van der Waals surface area contributed by atoms with Gasteiger partial charge in [0, 0.05) is 40.9 Å². The Morgan fingerprint density at radius 1 is 1.19 bits per heavy atom. The summed E-state index contributed by atoms with van der Waals surface area (Å²) in [6.07, 6.45) is 8.19. The number of rotatable bonds is 5. The Morgan fingerprint density at radius 3 is 2.70 bits per heavy atom. The molecule has 4 aromatic heterocycles. The van der Waals surface area contributed by atoms with Gasteiger partial charge in [-0.1, -0.05) is 5.16 Å². The number of likely N-dealkylation sites (N-methyl/N-ethyl adjacent to an activating group) is 1. The Balaban J connectivity index is 1.22. The predicted octanol–water partition coefficient (Wildman–Crippen LogP) is 4.25. The lowest BCUT2D eigenvalue weighted by molar-refractivity contribution is 0.104. The van der Waals surface area contributed by atoms with Crippen LogP contribution in [-0.2, 0) is 35.6 Å². The monoisotopic (exact) mass is 656 g/mol. The third-order valence-corrected chi connectivity index (χ3v) is 13.3. The Bertz CT molecular complexity index is 2050. The van der Waals surface area contributed by atoms with Crippen LogP contribution in [0.15, 0.2) is 9.32 Å². The van der Waals surface area contributed by atoms with E-state index in [1.807, 2.05) is 4.57 Å². The van der Waals surface area contributed by atoms with Crippen molar-refractivity contribution in [3.8, 4) is 23.5 Å². The van der Waals surface area contributed by atoms with Crippen LogP contribution in [0.5, 0.6) is 5.88 Å². The van der Waals surface area contributed by atoms with Crippen molar-refractivity contribution in [2.45, 2.75) is 101 Å². The SMILES string of the molecule is C[C@H](Oc1nc(-c2onc3c2CCC[C@@]32CCCc3sc(N)c(C#N)c32)nc2c1n(C)c(=O)n2[C@@]12COC[C@@H]1C2)[C@@H]1CC[C@H](C)N1C. The number of ether oxygens (including phenoxy) is 2. The average Bonchev–Trinajstić information content (AvgIpc) is 3.58. The molecule has 0 aromatic carbocycles. The third-order valence-electron chi connectivity index (χ3n) is 12.2. The first-order valence-electron chi connectivity index (χ1n) is 17.0. The van der Waals surface area contributed by atoms with Crippen LogP contribution in [-0.4, -0.2) is 67.6 Å². The van der Waals surface area contributed by atoms with Crippen LogP contribution in [0, 0.1) is 17.2 Å². The molecule has 5 aliphatic rings. The van der Waals surface area contributed by atoms with E-state index in [0.29, 0.717) is 58.4 Å². The van der Waals surface area contributed by atoms with E-state index in [2.05, 4.69) is 31.9 Å². The molecule has 13 heteroatoms. The lowest BCUT2D eigenvalue weighted by Gasteiger charge is -2.39. The second-order valence-corrected chi connectivity index (χ2v) is 15.7. The molecule has 4 aromatic rings. The summed E-state index contributed by atoms with van der Waals surface area (Å²) >= 11 is 1.53. The van der Waals surface area contributed by atoms with E-state index in [0.717, 1.165) is 74.6 Å². The van der Waals surface area contributed by atoms with Gasteiger partial charge in [0.1, 0.15) is 17.2 Å². The molecule has 47 heavy (non-hydrogen) atoms. The van der Waals surface area contributed by atoms with Crippen molar-refractivity contribution >= 4 is 27.5 Å². The maximum absolute atomic E-state index is 14.0. The van der Waals surface area contributed by atoms with Crippen molar-refractivity contribution in [2.75, 3.05) is 26.0 Å². The number of hydrogen-bond acceptors (Lipinski definition) is 11. The van der Waals surface area contributed by atoms with Crippen molar-refractivity contribution in [2.24, 2.45) is 13.0 Å². The number of imidazole rings is 1. The summed E-state index contributed by atoms with van der Waals surface area (Å²) in [5, 5.41) is 15.5. The fourth-order valence-electron chi connectivity index (χ4n) is 9.47. The number of nitriles is 1. The Morgan fingerprint density at radius 2 is 2.00 bits per heavy atom. The number of anilines is 1. The van der Waals surface area contributed by atoms with Gasteiger partial charge >= 0.3 is 5.69 Å². The number of aryl methyl sites for hydroxylation is 2. The van der Waals surface area contributed by atoms with Gasteiger partial charge in [-0.3, -0.25) is 14.0 Å². The van der Waals surface area contributed by atoms with Crippen LogP contribution in [0.2, 0.25) is 0 Å². The summed E-state index contributed by atoms with van der Waals surface area (Å²) in [6.45, 7) is 5.46. The molecule has 246 valence electrons. The normalized spacial score (nSPS) is 30.3. The van der Waals surface area contributed by atoms with E-state index in [4.69, 9.17) is 34.9 Å². The number of nitrogen functional groups attached to an aromatic ring is 1. The highest BCUT2D eigenvalue weighted by Crippen LogP contribution is 2.56. The molecule has 12 nitrogen and oxygen atoms in total. The van der Waals surface area contributed by atoms with Crippen molar-refractivity contribution in [1.29, 1.82) is 5.26 Å². The standard InChI is InChI=1S/C34H40N8O4S/c1-17-9-10-22(40(17)3)18(2)45-31-25-30(42(32(43)41(25)4)34-13-19(34)15-44-16-34)37-29(38-31)26-20-7-5-11-33(27(20)39-46-26)12-6-8-23-24(33)21(14-35)28(36)47-23/h17-19,22H,5-13,15-16,36H2,1-4H3/t17-,18-,19-,22-,33-,34-/m0/s1. The number of thiophene rings is 1. The minimum absolute atomic E-state index is 0.143. The third kappa shape index (κ3) is 3.92. The fraction of sp³-hybridized carbons (Fsp3) is 0.618. The van der Waals surface area contributed by atoms with E-state index < -0.39 is 11.0 Å². The van der Waals surface area contributed by atoms with Crippen LogP contribution in [0.1, 0.15) is 86.1 Å². The molecule has 3 fully saturated rings. The molecule has 2 aliphatic heterocycles. The zero-order valence-corrected chi connectivity index (χ0v) is 28.2. The number of nitrogens with two attached hydrogens (primary N) is 1. The van der Waals surface area contributed by atoms with Crippen molar-refractivity contribution in [3.05, 3.63) is 37.7 Å². The highest BCUT2D eigenvalue weighted by Gasteiger charge is 2.62. The molecule has 0 bridgehead atoms. The number of nitrogens with zero attached hydrogens (tertiary/aromatic N) is 7. The van der Waals surface area contributed by atoms with Crippen LogP contribution in [0.4, 0.5) is 5.00 Å². The lowest BCUT2D eigenvalue weighted by Crippen LogP contribution is -2.40. The fourth-order valence-corrected chi connectivity index (χ4v) is 10.6. The summed E-state index contributed by atoms with van der Waals surface area (Å²) in [4.78, 5) is 27.7. The van der Waals surface area contributed by atoms with Crippen LogP contribution >= 0.6 is 11.3 Å². The summed E-state index contributed by atoms with van der Waals surface area (Å²) in [7, 11) is 3.92. The second kappa shape index (κ2) is 10.1. The zero-order valence-electron chi connectivity index (χ0n) is 27.3. The van der Waals surface area contributed by atoms with Gasteiger partial charge in [0.05, 0.1) is 30.0 Å². The molecule has 1 spiro atoms. The van der Waals surface area contributed by atoms with Gasteiger partial charge in [-0.05, 0) is 84.2 Å². The molecule has 9 rings (SSSR count).